The zero-order valence-electron chi connectivity index (χ0n) is 19.2. The fourth-order valence-electron chi connectivity index (χ4n) is 3.31. The average Bonchev–Trinajstić information content (AvgIpc) is 2.71. The maximum atomic E-state index is 13.6. The lowest BCUT2D eigenvalue weighted by atomic mass is 10.1. The molecule has 8 heteroatoms. The van der Waals surface area contributed by atoms with Crippen LogP contribution >= 0.6 is 0 Å². The molecule has 0 radical (unpaired) electrons. The second-order valence-corrected chi connectivity index (χ2v) is 7.70. The Kier molecular flexibility index (Phi) is 14.2. The lowest BCUT2D eigenvalue weighted by Crippen LogP contribution is -2.48. The van der Waals surface area contributed by atoms with E-state index >= 15 is 0 Å². The second kappa shape index (κ2) is 15.1. The molecule has 0 aliphatic heterocycles. The Morgan fingerprint density at radius 3 is 1.90 bits per heavy atom. The van der Waals surface area contributed by atoms with Crippen LogP contribution in [0.25, 0.3) is 0 Å². The molecule has 1 rings (SSSR count). The molecule has 180 valence electrons. The normalized spacial score (nSPS) is 11.6. The first-order chi connectivity index (χ1) is 14.5. The van der Waals surface area contributed by atoms with Crippen LogP contribution in [0.2, 0.25) is 0 Å². The van der Waals surface area contributed by atoms with Gasteiger partial charge in [-0.25, -0.2) is 4.39 Å². The van der Waals surface area contributed by atoms with Gasteiger partial charge in [-0.2, -0.15) is 13.2 Å². The highest BCUT2D eigenvalue weighted by atomic mass is 19.4. The molecule has 0 atom stereocenters. The summed E-state index contributed by atoms with van der Waals surface area (Å²) < 4.78 is 52.0. The number of aliphatic carboxylic acids is 1. The smallest absolute Gasteiger partial charge is 0.430 e. The molecule has 0 spiro atoms. The molecule has 0 saturated carbocycles. The largest absolute Gasteiger partial charge is 0.542 e. The van der Waals surface area contributed by atoms with Crippen LogP contribution in [0.15, 0.2) is 18.2 Å². The lowest BCUT2D eigenvalue weighted by molar-refractivity contribution is -0.923. The standard InChI is InChI=1S/C21H37FNO.C2HF3O2/c1-5-23(6-2,7-3)16-12-10-8-9-11-13-17-24-21-15-14-19(4)18-20(21)22;3-2(4,5)1(6)7/h14-15,18H,5-13,16-17H2,1-4H3;(H,6,7)/q+1;/p-1. The Morgan fingerprint density at radius 1 is 0.968 bits per heavy atom. The average molecular weight is 452 g/mol. The first-order valence-electron chi connectivity index (χ1n) is 11.0. The number of carboxylic acids is 1. The minimum absolute atomic E-state index is 0.251. The van der Waals surface area contributed by atoms with Crippen molar-refractivity contribution in [1.82, 2.24) is 0 Å². The van der Waals surface area contributed by atoms with Crippen molar-refractivity contribution in [3.8, 4) is 5.75 Å². The third-order valence-corrected chi connectivity index (χ3v) is 5.62. The van der Waals surface area contributed by atoms with E-state index in [1.165, 1.54) is 68.8 Å². The van der Waals surface area contributed by atoms with Crippen molar-refractivity contribution in [3.63, 3.8) is 0 Å². The van der Waals surface area contributed by atoms with Crippen molar-refractivity contribution in [3.05, 3.63) is 29.6 Å². The van der Waals surface area contributed by atoms with Gasteiger partial charge >= 0.3 is 6.18 Å². The predicted octanol–water partition coefficient (Wildman–Crippen LogP) is 5.03. The highest BCUT2D eigenvalue weighted by molar-refractivity contribution is 5.70. The monoisotopic (exact) mass is 451 g/mol. The van der Waals surface area contributed by atoms with E-state index in [-0.39, 0.29) is 5.82 Å². The quantitative estimate of drug-likeness (QED) is 0.240. The highest BCUT2D eigenvalue weighted by Crippen LogP contribution is 2.18. The van der Waals surface area contributed by atoms with Crippen molar-refractivity contribution in [2.45, 2.75) is 72.4 Å². The summed E-state index contributed by atoms with van der Waals surface area (Å²) in [6, 6.07) is 5.14. The first-order valence-corrected chi connectivity index (χ1v) is 11.0. The summed E-state index contributed by atoms with van der Waals surface area (Å²) in [5.74, 6) is -2.87. The van der Waals surface area contributed by atoms with Crippen LogP contribution in [-0.4, -0.2) is 49.4 Å². The summed E-state index contributed by atoms with van der Waals surface area (Å²) in [4.78, 5) is 8.78. The number of rotatable bonds is 13. The van der Waals surface area contributed by atoms with Gasteiger partial charge < -0.3 is 19.1 Å². The van der Waals surface area contributed by atoms with E-state index in [1.54, 1.807) is 6.07 Å². The molecule has 0 unspecified atom stereocenters. The molecule has 0 aliphatic rings. The third kappa shape index (κ3) is 12.6. The van der Waals surface area contributed by atoms with Gasteiger partial charge in [-0.1, -0.05) is 25.3 Å². The zero-order chi connectivity index (χ0) is 23.9. The molecular formula is C23H37F4NO3. The van der Waals surface area contributed by atoms with Crippen LogP contribution in [0.1, 0.15) is 64.9 Å². The van der Waals surface area contributed by atoms with E-state index in [9.17, 15) is 17.6 Å². The number of alkyl halides is 3. The van der Waals surface area contributed by atoms with Gasteiger partial charge in [-0.05, 0) is 64.7 Å². The molecule has 0 heterocycles. The Morgan fingerprint density at radius 2 is 1.45 bits per heavy atom. The van der Waals surface area contributed by atoms with Gasteiger partial charge in [0.05, 0.1) is 32.8 Å². The number of benzene rings is 1. The summed E-state index contributed by atoms with van der Waals surface area (Å²) >= 11 is 0. The van der Waals surface area contributed by atoms with Crippen molar-refractivity contribution < 1.29 is 36.7 Å². The van der Waals surface area contributed by atoms with E-state index in [2.05, 4.69) is 20.8 Å². The number of hydrogen-bond acceptors (Lipinski definition) is 3. The third-order valence-electron chi connectivity index (χ3n) is 5.62. The molecule has 1 aromatic rings. The molecule has 0 N–H and O–H groups in total. The van der Waals surface area contributed by atoms with Gasteiger partial charge in [-0.15, -0.1) is 0 Å². The topological polar surface area (TPSA) is 49.4 Å². The summed E-state index contributed by atoms with van der Waals surface area (Å²) in [5.41, 5.74) is 0.928. The summed E-state index contributed by atoms with van der Waals surface area (Å²) in [6.07, 6.45) is 2.20. The minimum atomic E-state index is -5.19. The maximum absolute atomic E-state index is 13.6. The van der Waals surface area contributed by atoms with Crippen LogP contribution in [0.4, 0.5) is 17.6 Å². The number of quaternary nitrogens is 1. The fraction of sp³-hybridized carbons (Fsp3) is 0.696. The molecule has 4 nitrogen and oxygen atoms in total. The predicted molar refractivity (Wildman–Crippen MR) is 112 cm³/mol. The maximum Gasteiger partial charge on any atom is 0.430 e. The highest BCUT2D eigenvalue weighted by Gasteiger charge is 2.28. The number of ether oxygens (including phenoxy) is 1. The van der Waals surface area contributed by atoms with Crippen molar-refractivity contribution in [2.24, 2.45) is 0 Å². The Balaban J connectivity index is 0.00000110. The summed E-state index contributed by atoms with van der Waals surface area (Å²) in [7, 11) is 0. The number of nitrogens with zero attached hydrogens (tertiary/aromatic N) is 1. The van der Waals surface area contributed by atoms with Crippen LogP contribution < -0.4 is 9.84 Å². The van der Waals surface area contributed by atoms with Gasteiger partial charge in [0.2, 0.25) is 0 Å². The number of carbonyl (C=O) groups is 1. The lowest BCUT2D eigenvalue weighted by Gasteiger charge is -2.35. The number of unbranched alkanes of at least 4 members (excludes halogenated alkanes) is 5. The Hall–Kier alpha value is -1.83. The SMILES string of the molecule is CC[N+](CC)(CC)CCCCCCCCOc1ccc(C)cc1F.O=C([O-])C(F)(F)F. The Labute approximate surface area is 183 Å². The van der Waals surface area contributed by atoms with Gasteiger partial charge in [0.1, 0.15) is 5.97 Å². The van der Waals surface area contributed by atoms with E-state index in [0.717, 1.165) is 12.0 Å². The number of hydrogen-bond donors (Lipinski definition) is 0. The Bertz CT molecular complexity index is 623. The van der Waals surface area contributed by atoms with Gasteiger partial charge in [-0.3, -0.25) is 0 Å². The zero-order valence-corrected chi connectivity index (χ0v) is 19.2. The van der Waals surface area contributed by atoms with Crippen LogP contribution in [0.3, 0.4) is 0 Å². The number of carboxylic acid groups (broad SMARTS) is 1. The fourth-order valence-corrected chi connectivity index (χ4v) is 3.31. The van der Waals surface area contributed by atoms with Gasteiger partial charge in [0.15, 0.2) is 11.6 Å². The molecule has 0 fully saturated rings. The molecular weight excluding hydrogens is 414 g/mol. The second-order valence-electron chi connectivity index (χ2n) is 7.70. The van der Waals surface area contributed by atoms with Gasteiger partial charge in [0.25, 0.3) is 0 Å². The van der Waals surface area contributed by atoms with Gasteiger partial charge in [0, 0.05) is 0 Å². The van der Waals surface area contributed by atoms with Crippen molar-refractivity contribution in [1.29, 1.82) is 0 Å². The van der Waals surface area contributed by atoms with Crippen LogP contribution in [0.5, 0.6) is 5.75 Å². The summed E-state index contributed by atoms with van der Waals surface area (Å²) in [6.45, 7) is 14.5. The van der Waals surface area contributed by atoms with E-state index < -0.39 is 12.1 Å². The molecule has 0 bridgehead atoms. The number of carbonyl (C=O) groups excluding carboxylic acids is 1. The van der Waals surface area contributed by atoms with E-state index in [0.29, 0.717) is 12.4 Å². The molecule has 1 aromatic carbocycles. The first kappa shape index (κ1) is 29.2. The molecule has 0 aliphatic carbocycles. The molecule has 31 heavy (non-hydrogen) atoms. The minimum Gasteiger partial charge on any atom is -0.542 e. The summed E-state index contributed by atoms with van der Waals surface area (Å²) in [5, 5.41) is 8.78. The van der Waals surface area contributed by atoms with Crippen LogP contribution in [0, 0.1) is 12.7 Å². The molecule has 0 aromatic heterocycles. The van der Waals surface area contributed by atoms with E-state index in [1.807, 2.05) is 13.0 Å². The molecule has 0 saturated heterocycles. The van der Waals surface area contributed by atoms with Crippen LogP contribution in [-0.2, 0) is 4.79 Å². The number of aryl methyl sites for hydroxylation is 1. The molecule has 0 amide bonds. The van der Waals surface area contributed by atoms with E-state index in [4.69, 9.17) is 14.6 Å². The van der Waals surface area contributed by atoms with Crippen molar-refractivity contribution >= 4 is 5.97 Å². The van der Waals surface area contributed by atoms with Crippen molar-refractivity contribution in [2.75, 3.05) is 32.8 Å². The number of halogens is 4.